The highest BCUT2D eigenvalue weighted by atomic mass is 32.1. The summed E-state index contributed by atoms with van der Waals surface area (Å²) in [5.41, 5.74) is 6.43. The van der Waals surface area contributed by atoms with Crippen molar-refractivity contribution in [3.8, 4) is 0 Å². The Labute approximate surface area is 115 Å². The Morgan fingerprint density at radius 3 is 3.22 bits per heavy atom. The van der Waals surface area contributed by atoms with Crippen LogP contribution in [-0.2, 0) is 12.8 Å². The number of thiazole rings is 1. The number of nitrogens with one attached hydrogen (secondary N) is 1. The van der Waals surface area contributed by atoms with Gasteiger partial charge in [0.25, 0.3) is 0 Å². The molecule has 5 heteroatoms. The number of nitrogens with zero attached hydrogens (tertiary/aromatic N) is 1. The van der Waals surface area contributed by atoms with Crippen molar-refractivity contribution in [1.82, 2.24) is 10.4 Å². The van der Waals surface area contributed by atoms with E-state index >= 15 is 0 Å². The fourth-order valence-electron chi connectivity index (χ4n) is 2.82. The van der Waals surface area contributed by atoms with Crippen LogP contribution in [0, 0.1) is 0 Å². The number of thiophene rings is 1. The van der Waals surface area contributed by atoms with Gasteiger partial charge >= 0.3 is 0 Å². The molecule has 0 aromatic carbocycles. The van der Waals surface area contributed by atoms with Gasteiger partial charge < -0.3 is 0 Å². The van der Waals surface area contributed by atoms with Crippen LogP contribution in [-0.4, -0.2) is 11.0 Å². The van der Waals surface area contributed by atoms with Gasteiger partial charge in [-0.15, -0.1) is 22.7 Å². The Morgan fingerprint density at radius 2 is 2.44 bits per heavy atom. The van der Waals surface area contributed by atoms with E-state index in [1.54, 1.807) is 16.2 Å². The third-order valence-electron chi connectivity index (χ3n) is 3.70. The quantitative estimate of drug-likeness (QED) is 0.668. The van der Waals surface area contributed by atoms with Gasteiger partial charge in [-0.25, -0.2) is 0 Å². The van der Waals surface area contributed by atoms with Crippen molar-refractivity contribution in [2.24, 2.45) is 5.84 Å². The predicted molar refractivity (Wildman–Crippen MR) is 76.9 cm³/mol. The van der Waals surface area contributed by atoms with Gasteiger partial charge in [-0.3, -0.25) is 16.3 Å². The van der Waals surface area contributed by atoms with Crippen molar-refractivity contribution in [2.75, 3.05) is 0 Å². The first-order chi connectivity index (χ1) is 8.88. The van der Waals surface area contributed by atoms with Gasteiger partial charge in [-0.2, -0.15) is 0 Å². The smallest absolute Gasteiger partial charge is 0.0794 e. The average molecular weight is 279 g/mol. The van der Waals surface area contributed by atoms with Crippen LogP contribution >= 0.6 is 22.7 Å². The zero-order valence-electron chi connectivity index (χ0n) is 10.1. The van der Waals surface area contributed by atoms with Gasteiger partial charge in [-0.05, 0) is 36.3 Å². The highest BCUT2D eigenvalue weighted by molar-refractivity contribution is 7.10. The molecule has 3 rings (SSSR count). The maximum absolute atomic E-state index is 5.78. The second-order valence-corrected chi connectivity index (χ2v) is 6.71. The highest BCUT2D eigenvalue weighted by Gasteiger charge is 2.28. The molecule has 0 radical (unpaired) electrons. The summed E-state index contributed by atoms with van der Waals surface area (Å²) in [6.07, 6.45) is 6.67. The van der Waals surface area contributed by atoms with Crippen LogP contribution in [0.2, 0.25) is 0 Å². The fourth-order valence-corrected chi connectivity index (χ4v) is 4.47. The third-order valence-corrected chi connectivity index (χ3v) is 5.50. The largest absolute Gasteiger partial charge is 0.271 e. The number of hydrogen-bond donors (Lipinski definition) is 2. The lowest BCUT2D eigenvalue weighted by Gasteiger charge is -2.30. The minimum atomic E-state index is 0.319. The summed E-state index contributed by atoms with van der Waals surface area (Å²) in [5.74, 6) is 6.33. The first kappa shape index (κ1) is 12.3. The molecule has 2 atom stereocenters. The molecule has 2 heterocycles. The molecule has 2 aromatic rings. The molecule has 0 fully saturated rings. The third kappa shape index (κ3) is 2.36. The van der Waals surface area contributed by atoms with E-state index in [-0.39, 0.29) is 0 Å². The first-order valence-electron chi connectivity index (χ1n) is 6.28. The standard InChI is InChI=1S/C13H17N3S2/c14-16-12(6-9-7-15-8-18-9)10-2-1-3-13-11(10)4-5-17-13/h4-5,7-8,10,12,16H,1-3,6,14H2. The highest BCUT2D eigenvalue weighted by Crippen LogP contribution is 2.37. The molecule has 3 nitrogen and oxygen atoms in total. The first-order valence-corrected chi connectivity index (χ1v) is 8.04. The molecular weight excluding hydrogens is 262 g/mol. The van der Waals surface area contributed by atoms with Crippen LogP contribution in [0.4, 0.5) is 0 Å². The van der Waals surface area contributed by atoms with Crippen LogP contribution in [0.5, 0.6) is 0 Å². The Balaban J connectivity index is 1.81. The minimum absolute atomic E-state index is 0.319. The lowest BCUT2D eigenvalue weighted by molar-refractivity contribution is 0.399. The number of hydrogen-bond acceptors (Lipinski definition) is 5. The van der Waals surface area contributed by atoms with E-state index in [1.165, 1.54) is 29.7 Å². The van der Waals surface area contributed by atoms with E-state index in [4.69, 9.17) is 5.84 Å². The normalized spacial score (nSPS) is 20.6. The van der Waals surface area contributed by atoms with Gasteiger partial charge in [0, 0.05) is 34.3 Å². The topological polar surface area (TPSA) is 50.9 Å². The summed E-state index contributed by atoms with van der Waals surface area (Å²) in [6.45, 7) is 0. The number of rotatable bonds is 4. The molecule has 0 saturated heterocycles. The number of aryl methyl sites for hydroxylation is 1. The summed E-state index contributed by atoms with van der Waals surface area (Å²) < 4.78 is 0. The molecule has 0 saturated carbocycles. The van der Waals surface area contributed by atoms with E-state index in [2.05, 4.69) is 21.9 Å². The van der Waals surface area contributed by atoms with Crippen molar-refractivity contribution >= 4 is 22.7 Å². The molecule has 3 N–H and O–H groups in total. The fraction of sp³-hybridized carbons (Fsp3) is 0.462. The predicted octanol–water partition coefficient (Wildman–Crippen LogP) is 2.70. The average Bonchev–Trinajstić information content (AvgIpc) is 3.06. The molecule has 0 bridgehead atoms. The number of hydrazine groups is 1. The maximum atomic E-state index is 5.78. The molecule has 2 aromatic heterocycles. The molecule has 2 unspecified atom stereocenters. The molecule has 0 aliphatic heterocycles. The van der Waals surface area contributed by atoms with Crippen molar-refractivity contribution in [2.45, 2.75) is 37.6 Å². The summed E-state index contributed by atoms with van der Waals surface area (Å²) in [7, 11) is 0. The van der Waals surface area contributed by atoms with Crippen LogP contribution in [0.15, 0.2) is 23.2 Å². The second-order valence-electron chi connectivity index (χ2n) is 4.74. The van der Waals surface area contributed by atoms with E-state index in [0.29, 0.717) is 12.0 Å². The molecular formula is C13H17N3S2. The van der Waals surface area contributed by atoms with E-state index in [1.807, 2.05) is 23.0 Å². The van der Waals surface area contributed by atoms with Crippen molar-refractivity contribution in [3.05, 3.63) is 38.5 Å². The Bertz CT molecular complexity index is 492. The van der Waals surface area contributed by atoms with E-state index in [9.17, 15) is 0 Å². The monoisotopic (exact) mass is 279 g/mol. The summed E-state index contributed by atoms with van der Waals surface area (Å²) in [4.78, 5) is 7.00. The van der Waals surface area contributed by atoms with Gasteiger partial charge in [-0.1, -0.05) is 0 Å². The Kier molecular flexibility index (Phi) is 3.75. The zero-order valence-corrected chi connectivity index (χ0v) is 11.8. The molecule has 0 amide bonds. The number of aromatic nitrogens is 1. The molecule has 18 heavy (non-hydrogen) atoms. The molecule has 96 valence electrons. The SMILES string of the molecule is NNC(Cc1cncs1)C1CCCc2sccc21. The lowest BCUT2D eigenvalue weighted by Crippen LogP contribution is -2.42. The zero-order chi connectivity index (χ0) is 12.4. The lowest BCUT2D eigenvalue weighted by atomic mass is 9.81. The van der Waals surface area contributed by atoms with Crippen molar-refractivity contribution < 1.29 is 0 Å². The van der Waals surface area contributed by atoms with E-state index < -0.39 is 0 Å². The second kappa shape index (κ2) is 5.48. The minimum Gasteiger partial charge on any atom is -0.271 e. The Morgan fingerprint density at radius 1 is 1.50 bits per heavy atom. The van der Waals surface area contributed by atoms with Crippen LogP contribution in [0.25, 0.3) is 0 Å². The molecule has 1 aliphatic rings. The summed E-state index contributed by atoms with van der Waals surface area (Å²) in [6, 6.07) is 2.60. The van der Waals surface area contributed by atoms with Crippen LogP contribution in [0.3, 0.4) is 0 Å². The van der Waals surface area contributed by atoms with Crippen molar-refractivity contribution in [3.63, 3.8) is 0 Å². The van der Waals surface area contributed by atoms with Crippen LogP contribution in [0.1, 0.15) is 34.1 Å². The molecule has 1 aliphatic carbocycles. The van der Waals surface area contributed by atoms with Gasteiger partial charge in [0.15, 0.2) is 0 Å². The van der Waals surface area contributed by atoms with Crippen LogP contribution < -0.4 is 11.3 Å². The number of nitrogens with two attached hydrogens (primary N) is 1. The summed E-state index contributed by atoms with van der Waals surface area (Å²) in [5, 5.41) is 2.21. The van der Waals surface area contributed by atoms with Gasteiger partial charge in [0.05, 0.1) is 5.51 Å². The maximum Gasteiger partial charge on any atom is 0.0794 e. The number of fused-ring (bicyclic) bond motifs is 1. The van der Waals surface area contributed by atoms with Gasteiger partial charge in [0.2, 0.25) is 0 Å². The molecule has 0 spiro atoms. The summed E-state index contributed by atoms with van der Waals surface area (Å²) >= 11 is 3.60. The van der Waals surface area contributed by atoms with E-state index in [0.717, 1.165) is 6.42 Å². The van der Waals surface area contributed by atoms with Gasteiger partial charge in [0.1, 0.15) is 0 Å². The van der Waals surface area contributed by atoms with Crippen molar-refractivity contribution in [1.29, 1.82) is 0 Å². The Hall–Kier alpha value is -0.750.